The third kappa shape index (κ3) is 3.58. The monoisotopic (exact) mass is 362 g/mol. The zero-order valence-electron chi connectivity index (χ0n) is 14.6. The molecule has 0 aromatic carbocycles. The van der Waals surface area contributed by atoms with E-state index in [0.717, 1.165) is 22.2 Å². The van der Waals surface area contributed by atoms with Crippen LogP contribution in [0.4, 0.5) is 5.82 Å². The van der Waals surface area contributed by atoms with Gasteiger partial charge in [-0.25, -0.2) is 9.97 Å². The molecular formula is C17H22N4O3S. The number of carbonyl (C=O) groups is 2. The number of hydrogen-bond donors (Lipinski definition) is 2. The third-order valence-electron chi connectivity index (χ3n) is 4.67. The van der Waals surface area contributed by atoms with Crippen molar-refractivity contribution in [2.24, 2.45) is 5.92 Å². The number of carboxylic acid groups (broad SMARTS) is 1. The number of aromatic nitrogens is 2. The van der Waals surface area contributed by atoms with Crippen LogP contribution < -0.4 is 5.32 Å². The van der Waals surface area contributed by atoms with E-state index in [1.807, 2.05) is 20.8 Å². The van der Waals surface area contributed by atoms with Crippen molar-refractivity contribution < 1.29 is 14.7 Å². The standard InChI is InChI=1S/C17H22N4O3S/c1-9-10(2)25-16-14(9)15(19-11(3)20-16)18-7-13(22)21-6-4-5-12(8-21)17(23)24/h12H,4-8H2,1-3H3,(H,23,24)(H,18,19,20). The van der Waals surface area contributed by atoms with Crippen LogP contribution in [0.3, 0.4) is 0 Å². The molecule has 0 spiro atoms. The zero-order chi connectivity index (χ0) is 18.1. The SMILES string of the molecule is Cc1nc(NCC(=O)N2CCCC(C(=O)O)C2)c2c(C)c(C)sc2n1. The minimum Gasteiger partial charge on any atom is -0.481 e. The fourth-order valence-corrected chi connectivity index (χ4v) is 4.24. The van der Waals surface area contributed by atoms with E-state index >= 15 is 0 Å². The predicted octanol–water partition coefficient (Wildman–Crippen LogP) is 2.35. The molecule has 2 aromatic heterocycles. The number of amides is 1. The second-order valence-corrected chi connectivity index (χ2v) is 7.66. The van der Waals surface area contributed by atoms with Gasteiger partial charge in [0.25, 0.3) is 0 Å². The number of likely N-dealkylation sites (tertiary alicyclic amines) is 1. The Kier molecular flexibility index (Phi) is 4.89. The van der Waals surface area contributed by atoms with Crippen molar-refractivity contribution in [2.75, 3.05) is 25.0 Å². The van der Waals surface area contributed by atoms with Crippen molar-refractivity contribution in [1.29, 1.82) is 0 Å². The van der Waals surface area contributed by atoms with Gasteiger partial charge in [0.1, 0.15) is 16.5 Å². The van der Waals surface area contributed by atoms with E-state index in [1.54, 1.807) is 16.2 Å². The summed E-state index contributed by atoms with van der Waals surface area (Å²) in [6, 6.07) is 0. The van der Waals surface area contributed by atoms with Crippen LogP contribution in [0, 0.1) is 26.7 Å². The summed E-state index contributed by atoms with van der Waals surface area (Å²) in [4.78, 5) is 36.3. The van der Waals surface area contributed by atoms with Crippen LogP contribution in [-0.2, 0) is 9.59 Å². The maximum Gasteiger partial charge on any atom is 0.308 e. The van der Waals surface area contributed by atoms with Gasteiger partial charge in [0.15, 0.2) is 0 Å². The Bertz CT molecular complexity index is 833. The Morgan fingerprint density at radius 1 is 1.32 bits per heavy atom. The largest absolute Gasteiger partial charge is 0.481 e. The van der Waals surface area contributed by atoms with Crippen molar-refractivity contribution in [3.05, 3.63) is 16.3 Å². The third-order valence-corrected chi connectivity index (χ3v) is 5.77. The first-order valence-electron chi connectivity index (χ1n) is 8.35. The number of aliphatic carboxylic acids is 1. The van der Waals surface area contributed by atoms with Crippen molar-refractivity contribution >= 4 is 39.2 Å². The van der Waals surface area contributed by atoms with Crippen molar-refractivity contribution in [3.63, 3.8) is 0 Å². The van der Waals surface area contributed by atoms with Gasteiger partial charge in [-0.05, 0) is 39.2 Å². The molecule has 1 fully saturated rings. The molecule has 1 atom stereocenters. The first-order valence-corrected chi connectivity index (χ1v) is 9.17. The summed E-state index contributed by atoms with van der Waals surface area (Å²) in [5.74, 6) is -0.0625. The lowest BCUT2D eigenvalue weighted by atomic mass is 9.98. The maximum atomic E-state index is 12.5. The van der Waals surface area contributed by atoms with Gasteiger partial charge in [0.2, 0.25) is 5.91 Å². The maximum absolute atomic E-state index is 12.5. The van der Waals surface area contributed by atoms with Crippen molar-refractivity contribution in [1.82, 2.24) is 14.9 Å². The minimum absolute atomic E-state index is 0.0973. The van der Waals surface area contributed by atoms with Crippen LogP contribution >= 0.6 is 11.3 Å². The number of nitrogens with zero attached hydrogens (tertiary/aromatic N) is 3. The highest BCUT2D eigenvalue weighted by Gasteiger charge is 2.28. The van der Waals surface area contributed by atoms with Crippen molar-refractivity contribution in [3.8, 4) is 0 Å². The summed E-state index contributed by atoms with van der Waals surface area (Å²) in [7, 11) is 0. The number of hydrogen-bond acceptors (Lipinski definition) is 6. The lowest BCUT2D eigenvalue weighted by Crippen LogP contribution is -2.44. The molecule has 3 heterocycles. The van der Waals surface area contributed by atoms with Gasteiger partial charge in [-0.1, -0.05) is 0 Å². The molecule has 7 nitrogen and oxygen atoms in total. The predicted molar refractivity (Wildman–Crippen MR) is 97.1 cm³/mol. The lowest BCUT2D eigenvalue weighted by Gasteiger charge is -2.30. The smallest absolute Gasteiger partial charge is 0.308 e. The summed E-state index contributed by atoms with van der Waals surface area (Å²) >= 11 is 1.62. The normalized spacial score (nSPS) is 17.7. The molecule has 3 rings (SSSR count). The van der Waals surface area contributed by atoms with Gasteiger partial charge in [-0.15, -0.1) is 11.3 Å². The topological polar surface area (TPSA) is 95.4 Å². The van der Waals surface area contributed by atoms with E-state index in [2.05, 4.69) is 15.3 Å². The lowest BCUT2D eigenvalue weighted by molar-refractivity contribution is -0.145. The number of fused-ring (bicyclic) bond motifs is 1. The number of carbonyl (C=O) groups excluding carboxylic acids is 1. The molecular weight excluding hydrogens is 340 g/mol. The Balaban J connectivity index is 1.74. The number of aryl methyl sites for hydroxylation is 3. The molecule has 25 heavy (non-hydrogen) atoms. The highest BCUT2D eigenvalue weighted by atomic mass is 32.1. The number of anilines is 1. The molecule has 0 aliphatic carbocycles. The molecule has 2 aromatic rings. The molecule has 0 radical (unpaired) electrons. The van der Waals surface area contributed by atoms with E-state index in [9.17, 15) is 9.59 Å². The number of nitrogens with one attached hydrogen (secondary N) is 1. The van der Waals surface area contributed by atoms with Crippen LogP contribution in [0.15, 0.2) is 0 Å². The Labute approximate surface area is 150 Å². The highest BCUT2D eigenvalue weighted by Crippen LogP contribution is 2.33. The van der Waals surface area contributed by atoms with Gasteiger partial charge in [0, 0.05) is 18.0 Å². The van der Waals surface area contributed by atoms with Crippen molar-refractivity contribution in [2.45, 2.75) is 33.6 Å². The Morgan fingerprint density at radius 3 is 2.80 bits per heavy atom. The van der Waals surface area contributed by atoms with E-state index < -0.39 is 11.9 Å². The average Bonchev–Trinajstić information content (AvgIpc) is 2.86. The highest BCUT2D eigenvalue weighted by molar-refractivity contribution is 7.18. The number of rotatable bonds is 4. The number of carboxylic acids is 1. The molecule has 8 heteroatoms. The van der Waals surface area contributed by atoms with Crippen LogP contribution in [0.25, 0.3) is 10.2 Å². The van der Waals surface area contributed by atoms with Gasteiger partial charge in [-0.2, -0.15) is 0 Å². The average molecular weight is 362 g/mol. The molecule has 2 N–H and O–H groups in total. The fraction of sp³-hybridized carbons (Fsp3) is 0.529. The van der Waals surface area contributed by atoms with Crippen LogP contribution in [0.5, 0.6) is 0 Å². The first kappa shape index (κ1) is 17.6. The first-order chi connectivity index (χ1) is 11.9. The Morgan fingerprint density at radius 2 is 2.08 bits per heavy atom. The number of thiophene rings is 1. The van der Waals surface area contributed by atoms with Crippen LogP contribution in [0.1, 0.15) is 29.1 Å². The minimum atomic E-state index is -0.831. The van der Waals surface area contributed by atoms with E-state index in [0.29, 0.717) is 24.6 Å². The van der Waals surface area contributed by atoms with Gasteiger partial charge in [-0.3, -0.25) is 9.59 Å². The summed E-state index contributed by atoms with van der Waals surface area (Å²) in [6.45, 7) is 6.91. The molecule has 1 aliphatic rings. The van der Waals surface area contributed by atoms with Gasteiger partial charge < -0.3 is 15.3 Å². The molecule has 1 saturated heterocycles. The second kappa shape index (κ2) is 6.95. The van der Waals surface area contributed by atoms with Gasteiger partial charge in [0.05, 0.1) is 17.8 Å². The van der Waals surface area contributed by atoms with Crippen LogP contribution in [-0.4, -0.2) is 51.5 Å². The zero-order valence-corrected chi connectivity index (χ0v) is 15.4. The van der Waals surface area contributed by atoms with E-state index in [1.165, 1.54) is 4.88 Å². The summed E-state index contributed by atoms with van der Waals surface area (Å²) in [6.07, 6.45) is 1.36. The van der Waals surface area contributed by atoms with Crippen LogP contribution in [0.2, 0.25) is 0 Å². The molecule has 1 unspecified atom stereocenters. The molecule has 134 valence electrons. The summed E-state index contributed by atoms with van der Waals surface area (Å²) in [5, 5.41) is 13.3. The summed E-state index contributed by atoms with van der Waals surface area (Å²) < 4.78 is 0. The molecule has 0 bridgehead atoms. The number of piperidine rings is 1. The molecule has 0 saturated carbocycles. The quantitative estimate of drug-likeness (QED) is 0.867. The Hall–Kier alpha value is -2.22. The molecule has 1 aliphatic heterocycles. The molecule has 1 amide bonds. The second-order valence-electron chi connectivity index (χ2n) is 6.45. The fourth-order valence-electron chi connectivity index (χ4n) is 3.16. The van der Waals surface area contributed by atoms with Gasteiger partial charge >= 0.3 is 5.97 Å². The van der Waals surface area contributed by atoms with E-state index in [4.69, 9.17) is 5.11 Å². The van der Waals surface area contributed by atoms with E-state index in [-0.39, 0.29) is 19.0 Å². The summed E-state index contributed by atoms with van der Waals surface area (Å²) in [5.41, 5.74) is 1.12.